The molecule has 2 rings (SSSR count). The van der Waals surface area contributed by atoms with Gasteiger partial charge in [0.2, 0.25) is 0 Å². The van der Waals surface area contributed by atoms with E-state index in [1.54, 1.807) is 0 Å². The first-order valence-electron chi connectivity index (χ1n) is 4.97. The summed E-state index contributed by atoms with van der Waals surface area (Å²) < 4.78 is 1.21. The van der Waals surface area contributed by atoms with Crippen molar-refractivity contribution in [3.05, 3.63) is 36.4 Å². The standard InChI is InChI=1S/C10H9N5O3/c16-9(17)6-15-5-8(4-13-15)14-10(18)7-1-2-11-12-3-7/h1-5H,6H2,(H,14,18)(H,16,17). The SMILES string of the molecule is O=C(O)Cn1cc(NC(=O)c2ccnnc2)cn1. The molecule has 0 aliphatic carbocycles. The van der Waals surface area contributed by atoms with Crippen molar-refractivity contribution >= 4 is 17.6 Å². The molecular formula is C10H9N5O3. The van der Waals surface area contributed by atoms with Crippen molar-refractivity contribution in [3.8, 4) is 0 Å². The van der Waals surface area contributed by atoms with Gasteiger partial charge in [-0.25, -0.2) is 0 Å². The quantitative estimate of drug-likeness (QED) is 0.787. The van der Waals surface area contributed by atoms with E-state index in [2.05, 4.69) is 20.6 Å². The molecule has 8 heteroatoms. The predicted molar refractivity (Wildman–Crippen MR) is 59.8 cm³/mol. The van der Waals surface area contributed by atoms with Gasteiger partial charge < -0.3 is 10.4 Å². The van der Waals surface area contributed by atoms with Gasteiger partial charge in [-0.2, -0.15) is 15.3 Å². The van der Waals surface area contributed by atoms with Gasteiger partial charge in [-0.1, -0.05) is 0 Å². The van der Waals surface area contributed by atoms with Crippen LogP contribution >= 0.6 is 0 Å². The molecule has 18 heavy (non-hydrogen) atoms. The van der Waals surface area contributed by atoms with Crippen LogP contribution in [0.25, 0.3) is 0 Å². The van der Waals surface area contributed by atoms with E-state index in [-0.39, 0.29) is 12.5 Å². The summed E-state index contributed by atoms with van der Waals surface area (Å²) in [6, 6.07) is 1.52. The van der Waals surface area contributed by atoms with Crippen molar-refractivity contribution in [3.63, 3.8) is 0 Å². The summed E-state index contributed by atoms with van der Waals surface area (Å²) in [6.45, 7) is -0.257. The minimum Gasteiger partial charge on any atom is -0.480 e. The molecule has 2 N–H and O–H groups in total. The van der Waals surface area contributed by atoms with Crippen LogP contribution in [0.1, 0.15) is 10.4 Å². The molecule has 2 heterocycles. The van der Waals surface area contributed by atoms with Crippen molar-refractivity contribution in [1.29, 1.82) is 0 Å². The van der Waals surface area contributed by atoms with Crippen LogP contribution in [0.2, 0.25) is 0 Å². The van der Waals surface area contributed by atoms with Crippen molar-refractivity contribution in [1.82, 2.24) is 20.0 Å². The number of nitrogens with one attached hydrogen (secondary N) is 1. The fourth-order valence-corrected chi connectivity index (χ4v) is 1.28. The van der Waals surface area contributed by atoms with Crippen LogP contribution in [0.5, 0.6) is 0 Å². The number of aromatic nitrogens is 4. The summed E-state index contributed by atoms with van der Waals surface area (Å²) in [5.41, 5.74) is 0.772. The number of carbonyl (C=O) groups excluding carboxylic acids is 1. The lowest BCUT2D eigenvalue weighted by Crippen LogP contribution is -2.12. The molecule has 0 fully saturated rings. The molecule has 8 nitrogen and oxygen atoms in total. The second-order valence-corrected chi connectivity index (χ2v) is 3.41. The molecule has 0 saturated carbocycles. The van der Waals surface area contributed by atoms with Crippen molar-refractivity contribution in [2.24, 2.45) is 0 Å². The van der Waals surface area contributed by atoms with Gasteiger partial charge in [-0.3, -0.25) is 14.3 Å². The molecule has 0 aliphatic rings. The Morgan fingerprint density at radius 3 is 2.83 bits per heavy atom. The van der Waals surface area contributed by atoms with E-state index in [0.29, 0.717) is 11.3 Å². The molecule has 0 saturated heterocycles. The molecule has 0 atom stereocenters. The van der Waals surface area contributed by atoms with Gasteiger partial charge in [-0.05, 0) is 6.07 Å². The lowest BCUT2D eigenvalue weighted by Gasteiger charge is -2.00. The molecule has 0 aromatic carbocycles. The summed E-state index contributed by atoms with van der Waals surface area (Å²) in [4.78, 5) is 22.2. The third-order valence-corrected chi connectivity index (χ3v) is 2.03. The Hall–Kier alpha value is -2.77. The van der Waals surface area contributed by atoms with E-state index < -0.39 is 5.97 Å². The number of carboxylic acid groups (broad SMARTS) is 1. The molecule has 0 bridgehead atoms. The maximum absolute atomic E-state index is 11.7. The largest absolute Gasteiger partial charge is 0.480 e. The molecule has 0 aliphatic heterocycles. The van der Waals surface area contributed by atoms with E-state index in [0.717, 1.165) is 0 Å². The van der Waals surface area contributed by atoms with Crippen LogP contribution in [0.3, 0.4) is 0 Å². The van der Waals surface area contributed by atoms with Gasteiger partial charge in [-0.15, -0.1) is 0 Å². The van der Waals surface area contributed by atoms with Gasteiger partial charge >= 0.3 is 5.97 Å². The molecule has 92 valence electrons. The average Bonchev–Trinajstić information content (AvgIpc) is 2.76. The maximum Gasteiger partial charge on any atom is 0.325 e. The van der Waals surface area contributed by atoms with Crippen molar-refractivity contribution in [2.75, 3.05) is 5.32 Å². The minimum atomic E-state index is -1.01. The number of hydrogen-bond donors (Lipinski definition) is 2. The van der Waals surface area contributed by atoms with E-state index in [9.17, 15) is 9.59 Å². The lowest BCUT2D eigenvalue weighted by molar-refractivity contribution is -0.137. The first-order valence-corrected chi connectivity index (χ1v) is 4.97. The first-order chi connectivity index (χ1) is 8.65. The Morgan fingerprint density at radius 2 is 2.17 bits per heavy atom. The van der Waals surface area contributed by atoms with Crippen LogP contribution in [0.15, 0.2) is 30.9 Å². The van der Waals surface area contributed by atoms with E-state index >= 15 is 0 Å². The highest BCUT2D eigenvalue weighted by molar-refractivity contribution is 6.03. The highest BCUT2D eigenvalue weighted by Crippen LogP contribution is 2.07. The Labute approximate surface area is 101 Å². The number of rotatable bonds is 4. The molecule has 0 radical (unpaired) electrons. The third-order valence-electron chi connectivity index (χ3n) is 2.03. The van der Waals surface area contributed by atoms with Crippen LogP contribution in [-0.2, 0) is 11.3 Å². The van der Waals surface area contributed by atoms with Gasteiger partial charge in [0.1, 0.15) is 6.54 Å². The van der Waals surface area contributed by atoms with Crippen LogP contribution in [0, 0.1) is 0 Å². The summed E-state index contributed by atoms with van der Waals surface area (Å²) in [5.74, 6) is -1.37. The van der Waals surface area contributed by atoms with Crippen molar-refractivity contribution in [2.45, 2.75) is 6.54 Å². The Balaban J connectivity index is 2.04. The third kappa shape index (κ3) is 2.88. The molecular weight excluding hydrogens is 238 g/mol. The summed E-state index contributed by atoms with van der Waals surface area (Å²) in [7, 11) is 0. The zero-order valence-electron chi connectivity index (χ0n) is 9.15. The summed E-state index contributed by atoms with van der Waals surface area (Å²) in [5, 5.41) is 22.1. The number of aliphatic carboxylic acids is 1. The van der Waals surface area contributed by atoms with Crippen LogP contribution in [0.4, 0.5) is 5.69 Å². The fraction of sp³-hybridized carbons (Fsp3) is 0.100. The molecule has 2 aromatic rings. The lowest BCUT2D eigenvalue weighted by atomic mass is 10.3. The van der Waals surface area contributed by atoms with Crippen LogP contribution in [-0.4, -0.2) is 37.0 Å². The van der Waals surface area contributed by atoms with Gasteiger partial charge in [0.25, 0.3) is 5.91 Å². The number of carboxylic acids is 1. The number of amides is 1. The maximum atomic E-state index is 11.7. The van der Waals surface area contributed by atoms with E-state index in [1.165, 1.54) is 35.5 Å². The molecule has 0 spiro atoms. The molecule has 1 amide bonds. The minimum absolute atomic E-state index is 0.257. The topological polar surface area (TPSA) is 110 Å². The number of carbonyl (C=O) groups is 2. The molecule has 0 unspecified atom stereocenters. The van der Waals surface area contributed by atoms with E-state index in [4.69, 9.17) is 5.11 Å². The van der Waals surface area contributed by atoms with Gasteiger partial charge in [0, 0.05) is 6.20 Å². The number of hydrogen-bond acceptors (Lipinski definition) is 5. The smallest absolute Gasteiger partial charge is 0.325 e. The van der Waals surface area contributed by atoms with E-state index in [1.807, 2.05) is 0 Å². The predicted octanol–water partition coefficient (Wildman–Crippen LogP) is 0.01000. The van der Waals surface area contributed by atoms with Gasteiger partial charge in [0.15, 0.2) is 0 Å². The Bertz CT molecular complexity index is 566. The second kappa shape index (κ2) is 5.04. The average molecular weight is 247 g/mol. The Kier molecular flexibility index (Phi) is 3.28. The van der Waals surface area contributed by atoms with Crippen molar-refractivity contribution < 1.29 is 14.7 Å². The zero-order chi connectivity index (χ0) is 13.0. The summed E-state index contributed by atoms with van der Waals surface area (Å²) >= 11 is 0. The van der Waals surface area contributed by atoms with Gasteiger partial charge in [0.05, 0.1) is 29.8 Å². The number of anilines is 1. The van der Waals surface area contributed by atoms with Crippen LogP contribution < -0.4 is 5.32 Å². The monoisotopic (exact) mass is 247 g/mol. The fourth-order valence-electron chi connectivity index (χ4n) is 1.28. The zero-order valence-corrected chi connectivity index (χ0v) is 9.15. The second-order valence-electron chi connectivity index (χ2n) is 3.41. The normalized spacial score (nSPS) is 10.0. The highest BCUT2D eigenvalue weighted by atomic mass is 16.4. The highest BCUT2D eigenvalue weighted by Gasteiger charge is 2.08. The first kappa shape index (κ1) is 11.7. The number of nitrogens with zero attached hydrogens (tertiary/aromatic N) is 4. The molecule has 2 aromatic heterocycles. The Morgan fingerprint density at radius 1 is 1.33 bits per heavy atom. The summed E-state index contributed by atoms with van der Waals surface area (Å²) in [6.07, 6.45) is 5.54.